The molecule has 29 heavy (non-hydrogen) atoms. The average Bonchev–Trinajstić information content (AvgIpc) is 3.06. The van der Waals surface area contributed by atoms with Crippen LogP contribution in [0.1, 0.15) is 16.8 Å². The van der Waals surface area contributed by atoms with Crippen molar-refractivity contribution in [3.63, 3.8) is 0 Å². The molecule has 0 saturated carbocycles. The summed E-state index contributed by atoms with van der Waals surface area (Å²) in [7, 11) is -1.89. The molecule has 2 aromatic carbocycles. The summed E-state index contributed by atoms with van der Waals surface area (Å²) in [5.41, 5.74) is 1.35. The first-order valence-corrected chi connectivity index (χ1v) is 10.4. The van der Waals surface area contributed by atoms with Crippen LogP contribution >= 0.6 is 0 Å². The van der Waals surface area contributed by atoms with Gasteiger partial charge in [-0.05, 0) is 61.4 Å². The molecule has 0 fully saturated rings. The van der Waals surface area contributed by atoms with Crippen LogP contribution in [-0.4, -0.2) is 31.3 Å². The van der Waals surface area contributed by atoms with E-state index in [4.69, 9.17) is 4.74 Å². The lowest BCUT2D eigenvalue weighted by Crippen LogP contribution is -2.05. The summed E-state index contributed by atoms with van der Waals surface area (Å²) in [5.74, 6) is 0.713. The fraction of sp³-hybridized carbons (Fsp3) is 0.250. The van der Waals surface area contributed by atoms with Gasteiger partial charge in [0.25, 0.3) is 0 Å². The number of aryl methyl sites for hydroxylation is 2. The summed E-state index contributed by atoms with van der Waals surface area (Å²) in [6, 6.07) is 9.00. The van der Waals surface area contributed by atoms with Crippen LogP contribution in [0.4, 0.5) is 13.2 Å². The van der Waals surface area contributed by atoms with Gasteiger partial charge in [-0.15, -0.1) is 0 Å². The summed E-state index contributed by atoms with van der Waals surface area (Å²) < 4.78 is 70.0. The van der Waals surface area contributed by atoms with E-state index in [-0.39, 0.29) is 10.7 Å². The Morgan fingerprint density at radius 2 is 1.59 bits per heavy atom. The summed E-state index contributed by atoms with van der Waals surface area (Å²) >= 11 is 0. The monoisotopic (exact) mass is 424 g/mol. The van der Waals surface area contributed by atoms with E-state index in [2.05, 4.69) is 4.98 Å². The van der Waals surface area contributed by atoms with Gasteiger partial charge in [0, 0.05) is 23.7 Å². The van der Waals surface area contributed by atoms with Gasteiger partial charge >= 0.3 is 6.18 Å². The lowest BCUT2D eigenvalue weighted by molar-refractivity contribution is -0.140. The second-order valence-electron chi connectivity index (χ2n) is 6.73. The Kier molecular flexibility index (Phi) is 5.20. The topological polar surface area (TPSA) is 61.2 Å². The molecule has 0 aliphatic carbocycles. The summed E-state index contributed by atoms with van der Waals surface area (Å²) in [6.45, 7) is 3.61. The number of benzene rings is 2. The molecule has 0 amide bonds. The molecule has 9 heteroatoms. The highest BCUT2D eigenvalue weighted by atomic mass is 32.2. The van der Waals surface area contributed by atoms with Gasteiger partial charge in [-0.25, -0.2) is 13.4 Å². The van der Waals surface area contributed by atoms with Crippen molar-refractivity contribution in [3.8, 4) is 22.8 Å². The van der Waals surface area contributed by atoms with Crippen molar-refractivity contribution in [1.29, 1.82) is 0 Å². The first-order chi connectivity index (χ1) is 13.4. The molecule has 1 heterocycles. The SMILES string of the molecule is COc1c(C)cc(-n2cc(C(F)(F)F)nc2-c2ccc(S(C)(=O)=O)cc2)cc1C. The molecule has 1 aromatic heterocycles. The van der Waals surface area contributed by atoms with Crippen LogP contribution in [0.3, 0.4) is 0 Å². The Bertz CT molecular complexity index is 1140. The second-order valence-corrected chi connectivity index (χ2v) is 8.74. The molecule has 0 spiro atoms. The van der Waals surface area contributed by atoms with Crippen molar-refractivity contribution < 1.29 is 26.3 Å². The molecule has 0 aliphatic rings. The van der Waals surface area contributed by atoms with Crippen LogP contribution in [0.25, 0.3) is 17.1 Å². The lowest BCUT2D eigenvalue weighted by Gasteiger charge is -2.14. The highest BCUT2D eigenvalue weighted by molar-refractivity contribution is 7.90. The summed E-state index contributed by atoms with van der Waals surface area (Å²) in [4.78, 5) is 3.85. The number of hydrogen-bond donors (Lipinski definition) is 0. The molecule has 0 aliphatic heterocycles. The van der Waals surface area contributed by atoms with Crippen molar-refractivity contribution in [2.24, 2.45) is 0 Å². The van der Waals surface area contributed by atoms with Gasteiger partial charge in [-0.3, -0.25) is 4.57 Å². The van der Waals surface area contributed by atoms with Crippen molar-refractivity contribution >= 4 is 9.84 Å². The molecular weight excluding hydrogens is 405 g/mol. The smallest absolute Gasteiger partial charge is 0.434 e. The first-order valence-electron chi connectivity index (χ1n) is 8.54. The number of methoxy groups -OCH3 is 1. The fourth-order valence-corrected chi connectivity index (χ4v) is 3.79. The maximum Gasteiger partial charge on any atom is 0.434 e. The Morgan fingerprint density at radius 3 is 2.03 bits per heavy atom. The predicted molar refractivity (Wildman–Crippen MR) is 103 cm³/mol. The van der Waals surface area contributed by atoms with E-state index < -0.39 is 21.7 Å². The number of rotatable bonds is 4. The zero-order chi connectivity index (χ0) is 21.6. The lowest BCUT2D eigenvalue weighted by atomic mass is 10.1. The highest BCUT2D eigenvalue weighted by Gasteiger charge is 2.35. The van der Waals surface area contributed by atoms with Crippen molar-refractivity contribution in [1.82, 2.24) is 9.55 Å². The number of ether oxygens (including phenoxy) is 1. The minimum Gasteiger partial charge on any atom is -0.496 e. The van der Waals surface area contributed by atoms with Crippen LogP contribution in [0.15, 0.2) is 47.5 Å². The number of hydrogen-bond acceptors (Lipinski definition) is 4. The molecule has 3 aromatic rings. The zero-order valence-corrected chi connectivity index (χ0v) is 17.0. The van der Waals surface area contributed by atoms with Crippen LogP contribution in [0.5, 0.6) is 5.75 Å². The number of aromatic nitrogens is 2. The van der Waals surface area contributed by atoms with Crippen molar-refractivity contribution in [2.75, 3.05) is 13.4 Å². The van der Waals surface area contributed by atoms with Crippen LogP contribution in [0, 0.1) is 13.8 Å². The maximum atomic E-state index is 13.3. The third-order valence-corrected chi connectivity index (χ3v) is 5.59. The van der Waals surface area contributed by atoms with E-state index in [0.717, 1.165) is 23.6 Å². The molecule has 0 bridgehead atoms. The summed E-state index contributed by atoms with van der Waals surface area (Å²) in [6.07, 6.45) is -2.63. The van der Waals surface area contributed by atoms with Gasteiger partial charge in [-0.2, -0.15) is 13.2 Å². The molecular formula is C20H19F3N2O3S. The third-order valence-electron chi connectivity index (χ3n) is 4.46. The van der Waals surface area contributed by atoms with E-state index in [1.54, 1.807) is 26.0 Å². The molecule has 0 atom stereocenters. The Morgan fingerprint density at radius 1 is 1.03 bits per heavy atom. The van der Waals surface area contributed by atoms with E-state index in [9.17, 15) is 21.6 Å². The average molecular weight is 424 g/mol. The molecule has 154 valence electrons. The minimum atomic E-state index is -4.62. The van der Waals surface area contributed by atoms with Crippen molar-refractivity contribution in [3.05, 3.63) is 59.4 Å². The minimum absolute atomic E-state index is 0.0568. The second kappa shape index (κ2) is 7.22. The molecule has 0 N–H and O–H groups in total. The molecule has 3 rings (SSSR count). The largest absolute Gasteiger partial charge is 0.496 e. The predicted octanol–water partition coefficient (Wildman–Crippen LogP) is 4.59. The highest BCUT2D eigenvalue weighted by Crippen LogP contribution is 2.34. The number of alkyl halides is 3. The Hall–Kier alpha value is -2.81. The van der Waals surface area contributed by atoms with Crippen LogP contribution in [0.2, 0.25) is 0 Å². The molecule has 0 saturated heterocycles. The maximum absolute atomic E-state index is 13.3. The van der Waals surface area contributed by atoms with Gasteiger partial charge in [0.15, 0.2) is 15.5 Å². The van der Waals surface area contributed by atoms with Gasteiger partial charge in [-0.1, -0.05) is 0 Å². The summed E-state index contributed by atoms with van der Waals surface area (Å²) in [5, 5.41) is 0. The standard InChI is InChI=1S/C20H19F3N2O3S/c1-12-9-15(10-13(2)18(12)28-3)25-11-17(20(21,22)23)24-19(25)14-5-7-16(8-6-14)29(4,26)27/h5-11H,1-4H3. The Labute approximate surface area is 166 Å². The molecule has 5 nitrogen and oxygen atoms in total. The number of sulfone groups is 1. The first kappa shape index (κ1) is 20.9. The number of halogens is 3. The zero-order valence-electron chi connectivity index (χ0n) is 16.2. The Balaban J connectivity index is 2.22. The third kappa shape index (κ3) is 4.14. The number of imidazole rings is 1. The van der Waals surface area contributed by atoms with Gasteiger partial charge < -0.3 is 4.74 Å². The van der Waals surface area contributed by atoms with Crippen LogP contribution in [-0.2, 0) is 16.0 Å². The van der Waals surface area contributed by atoms with Crippen molar-refractivity contribution in [2.45, 2.75) is 24.9 Å². The van der Waals surface area contributed by atoms with Crippen LogP contribution < -0.4 is 4.74 Å². The van der Waals surface area contributed by atoms with Gasteiger partial charge in [0.1, 0.15) is 11.6 Å². The molecule has 0 radical (unpaired) electrons. The number of nitrogens with zero attached hydrogens (tertiary/aromatic N) is 2. The molecule has 0 unspecified atom stereocenters. The van der Waals surface area contributed by atoms with E-state index >= 15 is 0 Å². The fourth-order valence-electron chi connectivity index (χ4n) is 3.16. The van der Waals surface area contributed by atoms with E-state index in [0.29, 0.717) is 17.0 Å². The van der Waals surface area contributed by atoms with Gasteiger partial charge in [0.2, 0.25) is 0 Å². The van der Waals surface area contributed by atoms with E-state index in [1.807, 2.05) is 0 Å². The van der Waals surface area contributed by atoms with Gasteiger partial charge in [0.05, 0.1) is 12.0 Å². The normalized spacial score (nSPS) is 12.2. The van der Waals surface area contributed by atoms with E-state index in [1.165, 1.54) is 35.9 Å². The quantitative estimate of drug-likeness (QED) is 0.615.